The molecule has 108 valence electrons. The van der Waals surface area contributed by atoms with E-state index in [0.29, 0.717) is 0 Å². The van der Waals surface area contributed by atoms with Gasteiger partial charge in [0.15, 0.2) is 0 Å². The molecule has 0 radical (unpaired) electrons. The molecule has 1 aromatic heterocycles. The Hall–Kier alpha value is -1.77. The van der Waals surface area contributed by atoms with E-state index >= 15 is 0 Å². The summed E-state index contributed by atoms with van der Waals surface area (Å²) in [6, 6.07) is 12.8. The molecule has 0 spiro atoms. The molecule has 5 heteroatoms. The van der Waals surface area contributed by atoms with Crippen LogP contribution in [0.5, 0.6) is 0 Å². The largest absolute Gasteiger partial charge is 0.298 e. The molecule has 4 nitrogen and oxygen atoms in total. The lowest BCUT2D eigenvalue weighted by molar-refractivity contribution is 0.180. The van der Waals surface area contributed by atoms with Gasteiger partial charge in [-0.3, -0.25) is 4.90 Å². The predicted molar refractivity (Wildman–Crippen MR) is 82.9 cm³/mol. The third-order valence-electron chi connectivity index (χ3n) is 4.36. The van der Waals surface area contributed by atoms with Crippen LogP contribution in [0, 0.1) is 18.3 Å². The van der Waals surface area contributed by atoms with E-state index in [2.05, 4.69) is 32.7 Å². The Morgan fingerprint density at radius 2 is 2.00 bits per heavy atom. The van der Waals surface area contributed by atoms with E-state index < -0.39 is 0 Å². The van der Waals surface area contributed by atoms with E-state index in [4.69, 9.17) is 0 Å². The van der Waals surface area contributed by atoms with Crippen molar-refractivity contribution in [1.29, 1.82) is 5.26 Å². The summed E-state index contributed by atoms with van der Waals surface area (Å²) in [5, 5.41) is 13.8. The minimum atomic E-state index is -0.321. The smallest absolute Gasteiger partial charge is 0.0846 e. The number of likely N-dealkylation sites (tertiary alicyclic amines) is 1. The normalized spacial score (nSPS) is 18.3. The van der Waals surface area contributed by atoms with Crippen LogP contribution in [0.3, 0.4) is 0 Å². The fourth-order valence-electron chi connectivity index (χ4n) is 2.91. The average Bonchev–Trinajstić information content (AvgIpc) is 2.94. The van der Waals surface area contributed by atoms with Crippen molar-refractivity contribution in [2.45, 2.75) is 31.7 Å². The SMILES string of the molecule is Cc1nnsc1CN1CCC(C#N)(c2ccccc2)CC1. The Bertz CT molecular complexity index is 636. The van der Waals surface area contributed by atoms with Gasteiger partial charge < -0.3 is 0 Å². The Labute approximate surface area is 129 Å². The molecule has 0 amide bonds. The second kappa shape index (κ2) is 5.92. The van der Waals surface area contributed by atoms with Crippen LogP contribution in [0.4, 0.5) is 0 Å². The number of nitriles is 1. The highest BCUT2D eigenvalue weighted by atomic mass is 32.1. The summed E-state index contributed by atoms with van der Waals surface area (Å²) in [7, 11) is 0. The molecule has 0 bridgehead atoms. The van der Waals surface area contributed by atoms with Crippen molar-refractivity contribution < 1.29 is 0 Å². The number of benzene rings is 1. The molecule has 1 aliphatic rings. The van der Waals surface area contributed by atoms with Crippen LogP contribution in [0.2, 0.25) is 0 Å². The van der Waals surface area contributed by atoms with Crippen LogP contribution < -0.4 is 0 Å². The van der Waals surface area contributed by atoms with Crippen molar-refractivity contribution >= 4 is 11.5 Å². The first-order valence-corrected chi connectivity index (χ1v) is 7.98. The van der Waals surface area contributed by atoms with E-state index in [1.807, 2.05) is 25.1 Å². The molecule has 0 unspecified atom stereocenters. The van der Waals surface area contributed by atoms with E-state index in [-0.39, 0.29) is 5.41 Å². The molecule has 1 saturated heterocycles. The highest BCUT2D eigenvalue weighted by molar-refractivity contribution is 7.05. The summed E-state index contributed by atoms with van der Waals surface area (Å²) in [6.07, 6.45) is 1.78. The summed E-state index contributed by atoms with van der Waals surface area (Å²) in [6.45, 7) is 4.80. The monoisotopic (exact) mass is 298 g/mol. The molecule has 2 heterocycles. The first-order valence-electron chi connectivity index (χ1n) is 7.20. The second-order valence-corrected chi connectivity index (χ2v) is 6.46. The number of rotatable bonds is 3. The van der Waals surface area contributed by atoms with Gasteiger partial charge in [0.25, 0.3) is 0 Å². The van der Waals surface area contributed by atoms with Crippen molar-refractivity contribution in [3.63, 3.8) is 0 Å². The standard InChI is InChI=1S/C16H18N4S/c1-13-15(21-19-18-13)11-20-9-7-16(12-17,8-10-20)14-5-3-2-4-6-14/h2-6H,7-11H2,1H3. The number of aromatic nitrogens is 2. The van der Waals surface area contributed by atoms with E-state index in [1.165, 1.54) is 16.4 Å². The van der Waals surface area contributed by atoms with Gasteiger partial charge in [0.1, 0.15) is 0 Å². The zero-order chi connectivity index (χ0) is 14.7. The molecule has 2 aromatic rings. The van der Waals surface area contributed by atoms with E-state index in [0.717, 1.165) is 43.7 Å². The number of hydrogen-bond donors (Lipinski definition) is 0. The maximum Gasteiger partial charge on any atom is 0.0846 e. The average molecular weight is 298 g/mol. The molecular weight excluding hydrogens is 280 g/mol. The molecule has 1 aromatic carbocycles. The van der Waals surface area contributed by atoms with Crippen LogP contribution >= 0.6 is 11.5 Å². The zero-order valence-corrected chi connectivity index (χ0v) is 12.9. The van der Waals surface area contributed by atoms with Gasteiger partial charge in [-0.1, -0.05) is 34.8 Å². The molecule has 1 aliphatic heterocycles. The van der Waals surface area contributed by atoms with Crippen molar-refractivity contribution in [1.82, 2.24) is 14.5 Å². The Balaban J connectivity index is 1.69. The first kappa shape index (κ1) is 14.2. The van der Waals surface area contributed by atoms with Crippen LogP contribution in [0.25, 0.3) is 0 Å². The minimum Gasteiger partial charge on any atom is -0.298 e. The van der Waals surface area contributed by atoms with Gasteiger partial charge >= 0.3 is 0 Å². The highest BCUT2D eigenvalue weighted by Crippen LogP contribution is 2.35. The van der Waals surface area contributed by atoms with Gasteiger partial charge in [-0.2, -0.15) is 5.26 Å². The van der Waals surface area contributed by atoms with Gasteiger partial charge in [-0.05, 0) is 36.9 Å². The second-order valence-electron chi connectivity index (χ2n) is 5.62. The number of hydrogen-bond acceptors (Lipinski definition) is 5. The van der Waals surface area contributed by atoms with Crippen LogP contribution in [-0.2, 0) is 12.0 Å². The van der Waals surface area contributed by atoms with Crippen molar-refractivity contribution in [3.05, 3.63) is 46.5 Å². The molecule has 0 atom stereocenters. The predicted octanol–water partition coefficient (Wildman–Crippen LogP) is 2.90. The molecule has 21 heavy (non-hydrogen) atoms. The molecule has 0 aliphatic carbocycles. The van der Waals surface area contributed by atoms with E-state index in [9.17, 15) is 5.26 Å². The summed E-state index contributed by atoms with van der Waals surface area (Å²) in [4.78, 5) is 3.64. The highest BCUT2D eigenvalue weighted by Gasteiger charge is 2.36. The molecule has 3 rings (SSSR count). The third-order valence-corrected chi connectivity index (χ3v) is 5.17. The lowest BCUT2D eigenvalue weighted by Gasteiger charge is -2.37. The van der Waals surface area contributed by atoms with Crippen LogP contribution in [0.15, 0.2) is 30.3 Å². The van der Waals surface area contributed by atoms with Gasteiger partial charge in [0, 0.05) is 19.6 Å². The maximum absolute atomic E-state index is 9.70. The Morgan fingerprint density at radius 3 is 2.57 bits per heavy atom. The number of aryl methyl sites for hydroxylation is 1. The summed E-state index contributed by atoms with van der Waals surface area (Å²) in [5.41, 5.74) is 1.86. The van der Waals surface area contributed by atoms with Crippen molar-refractivity contribution in [2.24, 2.45) is 0 Å². The number of nitrogens with zero attached hydrogens (tertiary/aromatic N) is 4. The number of piperidine rings is 1. The quantitative estimate of drug-likeness (QED) is 0.874. The fourth-order valence-corrected chi connectivity index (χ4v) is 3.59. The lowest BCUT2D eigenvalue weighted by Crippen LogP contribution is -2.41. The zero-order valence-electron chi connectivity index (χ0n) is 12.1. The molecule has 0 saturated carbocycles. The minimum absolute atomic E-state index is 0.321. The van der Waals surface area contributed by atoms with Gasteiger partial charge in [-0.15, -0.1) is 5.10 Å². The molecular formula is C16H18N4S. The lowest BCUT2D eigenvalue weighted by atomic mass is 9.74. The fraction of sp³-hybridized carbons (Fsp3) is 0.438. The van der Waals surface area contributed by atoms with Crippen LogP contribution in [-0.4, -0.2) is 27.6 Å². The van der Waals surface area contributed by atoms with Gasteiger partial charge in [0.05, 0.1) is 22.1 Å². The summed E-state index contributed by atoms with van der Waals surface area (Å²) >= 11 is 1.48. The third kappa shape index (κ3) is 2.82. The molecule has 0 N–H and O–H groups in total. The van der Waals surface area contributed by atoms with Gasteiger partial charge in [0.2, 0.25) is 0 Å². The topological polar surface area (TPSA) is 52.8 Å². The van der Waals surface area contributed by atoms with Crippen molar-refractivity contribution in [3.8, 4) is 6.07 Å². The Kier molecular flexibility index (Phi) is 4.00. The summed E-state index contributed by atoms with van der Waals surface area (Å²) < 4.78 is 3.99. The Morgan fingerprint density at radius 1 is 1.29 bits per heavy atom. The first-order chi connectivity index (χ1) is 10.2. The maximum atomic E-state index is 9.70. The van der Waals surface area contributed by atoms with Crippen molar-refractivity contribution in [2.75, 3.05) is 13.1 Å². The molecule has 1 fully saturated rings. The summed E-state index contributed by atoms with van der Waals surface area (Å²) in [5.74, 6) is 0. The van der Waals surface area contributed by atoms with Gasteiger partial charge in [-0.25, -0.2) is 0 Å². The van der Waals surface area contributed by atoms with E-state index in [1.54, 1.807) is 0 Å². The van der Waals surface area contributed by atoms with Crippen LogP contribution in [0.1, 0.15) is 29.0 Å².